The number of aryl methyl sites for hydroxylation is 1. The Morgan fingerprint density at radius 3 is 2.61 bits per heavy atom. The molecule has 0 saturated heterocycles. The van der Waals surface area contributed by atoms with Crippen molar-refractivity contribution in [3.63, 3.8) is 0 Å². The van der Waals surface area contributed by atoms with E-state index in [9.17, 15) is 9.18 Å². The van der Waals surface area contributed by atoms with Crippen molar-refractivity contribution in [2.24, 2.45) is 0 Å². The minimum absolute atomic E-state index is 0.0396. The maximum Gasteiger partial charge on any atom is 0.204 e. The Morgan fingerprint density at radius 2 is 2.00 bits per heavy atom. The highest BCUT2D eigenvalue weighted by Gasteiger charge is 2.11. The van der Waals surface area contributed by atoms with Gasteiger partial charge in [-0.25, -0.2) is 14.4 Å². The Balaban J connectivity index is 2.16. The molecule has 2 rings (SSSR count). The van der Waals surface area contributed by atoms with Crippen LogP contribution in [0.4, 0.5) is 4.39 Å². The van der Waals surface area contributed by atoms with E-state index >= 15 is 0 Å². The Bertz CT molecular complexity index is 584. The zero-order chi connectivity index (χ0) is 13.1. The molecule has 3 nitrogen and oxygen atoms in total. The second kappa shape index (κ2) is 5.23. The van der Waals surface area contributed by atoms with Crippen molar-refractivity contribution >= 4 is 17.4 Å². The van der Waals surface area contributed by atoms with Gasteiger partial charge in [-0.15, -0.1) is 0 Å². The van der Waals surface area contributed by atoms with Gasteiger partial charge in [0.1, 0.15) is 5.82 Å². The van der Waals surface area contributed by atoms with E-state index < -0.39 is 5.82 Å². The predicted octanol–water partition coefficient (Wildman–Crippen LogP) is 3.00. The number of Topliss-reactive ketones (excluding diaryl/α,β-unsaturated/α-hetero) is 1. The molecule has 0 unspecified atom stereocenters. The SMILES string of the molecule is Cc1cnc(C(=O)Cc2ccc(Cl)c(F)c2)nc1. The van der Waals surface area contributed by atoms with Crippen LogP contribution in [0, 0.1) is 12.7 Å². The summed E-state index contributed by atoms with van der Waals surface area (Å²) in [6, 6.07) is 4.28. The van der Waals surface area contributed by atoms with Crippen LogP contribution in [0.5, 0.6) is 0 Å². The molecule has 0 aliphatic carbocycles. The summed E-state index contributed by atoms with van der Waals surface area (Å²) in [4.78, 5) is 19.7. The number of carbonyl (C=O) groups excluding carboxylic acids is 1. The van der Waals surface area contributed by atoms with Crippen LogP contribution in [0.2, 0.25) is 5.02 Å². The Hall–Kier alpha value is -1.81. The normalized spacial score (nSPS) is 10.4. The van der Waals surface area contributed by atoms with Crippen LogP contribution in [-0.4, -0.2) is 15.8 Å². The third-order valence-corrected chi connectivity index (χ3v) is 2.69. The molecule has 0 spiro atoms. The first-order valence-corrected chi connectivity index (χ1v) is 5.70. The van der Waals surface area contributed by atoms with Gasteiger partial charge in [0, 0.05) is 18.8 Å². The van der Waals surface area contributed by atoms with Gasteiger partial charge >= 0.3 is 0 Å². The van der Waals surface area contributed by atoms with Crippen LogP contribution in [-0.2, 0) is 6.42 Å². The van der Waals surface area contributed by atoms with Crippen LogP contribution in [0.15, 0.2) is 30.6 Å². The third kappa shape index (κ3) is 2.90. The van der Waals surface area contributed by atoms with Crippen molar-refractivity contribution in [2.45, 2.75) is 13.3 Å². The number of rotatable bonds is 3. The quantitative estimate of drug-likeness (QED) is 0.801. The summed E-state index contributed by atoms with van der Waals surface area (Å²) in [5.74, 6) is -0.653. The highest BCUT2D eigenvalue weighted by molar-refractivity contribution is 6.30. The van der Waals surface area contributed by atoms with Crippen molar-refractivity contribution in [1.82, 2.24) is 9.97 Å². The molecule has 18 heavy (non-hydrogen) atoms. The lowest BCUT2D eigenvalue weighted by molar-refractivity contribution is 0.0983. The van der Waals surface area contributed by atoms with Crippen molar-refractivity contribution in [3.8, 4) is 0 Å². The molecule has 1 heterocycles. The van der Waals surface area contributed by atoms with Crippen molar-refractivity contribution in [1.29, 1.82) is 0 Å². The molecule has 0 fully saturated rings. The van der Waals surface area contributed by atoms with Gasteiger partial charge in [0.25, 0.3) is 0 Å². The van der Waals surface area contributed by atoms with Gasteiger partial charge < -0.3 is 0 Å². The van der Waals surface area contributed by atoms with E-state index in [1.807, 2.05) is 6.92 Å². The summed E-state index contributed by atoms with van der Waals surface area (Å²) in [5, 5.41) is 0.0396. The smallest absolute Gasteiger partial charge is 0.204 e. The number of nitrogens with zero attached hydrogens (tertiary/aromatic N) is 2. The number of hydrogen-bond donors (Lipinski definition) is 0. The molecule has 0 saturated carbocycles. The standard InChI is InChI=1S/C13H10ClFN2O/c1-8-6-16-13(17-7-8)12(18)5-9-2-3-10(14)11(15)4-9/h2-4,6-7H,5H2,1H3. The van der Waals surface area contributed by atoms with Gasteiger partial charge in [0.2, 0.25) is 5.78 Å². The van der Waals surface area contributed by atoms with E-state index in [0.717, 1.165) is 5.56 Å². The van der Waals surface area contributed by atoms with Gasteiger partial charge in [0.05, 0.1) is 5.02 Å². The fraction of sp³-hybridized carbons (Fsp3) is 0.154. The summed E-state index contributed by atoms with van der Waals surface area (Å²) >= 11 is 5.57. The second-order valence-electron chi connectivity index (χ2n) is 3.93. The van der Waals surface area contributed by atoms with Gasteiger partial charge in [-0.2, -0.15) is 0 Å². The number of aromatic nitrogens is 2. The molecule has 1 aromatic heterocycles. The number of carbonyl (C=O) groups is 1. The number of benzene rings is 1. The van der Waals surface area contributed by atoms with Gasteiger partial charge in [-0.3, -0.25) is 4.79 Å². The lowest BCUT2D eigenvalue weighted by atomic mass is 10.1. The molecule has 92 valence electrons. The highest BCUT2D eigenvalue weighted by atomic mass is 35.5. The molecule has 0 atom stereocenters. The van der Waals surface area contributed by atoms with Crippen LogP contribution in [0.25, 0.3) is 0 Å². The molecule has 1 aromatic carbocycles. The van der Waals surface area contributed by atoms with Crippen molar-refractivity contribution in [3.05, 3.63) is 58.4 Å². The van der Waals surface area contributed by atoms with Crippen molar-refractivity contribution in [2.75, 3.05) is 0 Å². The van der Waals surface area contributed by atoms with E-state index in [4.69, 9.17) is 11.6 Å². The zero-order valence-electron chi connectivity index (χ0n) is 9.65. The molecule has 0 radical (unpaired) electrons. The molecular formula is C13H10ClFN2O. The summed E-state index contributed by atoms with van der Waals surface area (Å²) in [6.07, 6.45) is 3.20. The van der Waals surface area contributed by atoms with E-state index in [0.29, 0.717) is 5.56 Å². The molecule has 5 heteroatoms. The molecule has 0 N–H and O–H groups in total. The fourth-order valence-electron chi connectivity index (χ4n) is 1.45. The zero-order valence-corrected chi connectivity index (χ0v) is 10.4. The summed E-state index contributed by atoms with van der Waals surface area (Å²) in [6.45, 7) is 1.84. The molecule has 0 amide bonds. The van der Waals surface area contributed by atoms with Gasteiger partial charge in [-0.05, 0) is 30.2 Å². The minimum atomic E-state index is -0.535. The Labute approximate surface area is 109 Å². The third-order valence-electron chi connectivity index (χ3n) is 2.38. The first-order chi connectivity index (χ1) is 8.56. The predicted molar refractivity (Wildman–Crippen MR) is 66.2 cm³/mol. The second-order valence-corrected chi connectivity index (χ2v) is 4.34. The molecule has 0 bridgehead atoms. The maximum atomic E-state index is 13.2. The van der Waals surface area contributed by atoms with Crippen LogP contribution < -0.4 is 0 Å². The molecular weight excluding hydrogens is 255 g/mol. The van der Waals surface area contributed by atoms with Crippen LogP contribution >= 0.6 is 11.6 Å². The number of ketones is 1. The fourth-order valence-corrected chi connectivity index (χ4v) is 1.57. The largest absolute Gasteiger partial charge is 0.290 e. The lowest BCUT2D eigenvalue weighted by Crippen LogP contribution is -2.08. The summed E-state index contributed by atoms with van der Waals surface area (Å²) < 4.78 is 13.2. The monoisotopic (exact) mass is 264 g/mol. The minimum Gasteiger partial charge on any atom is -0.290 e. The number of halogens is 2. The van der Waals surface area contributed by atoms with E-state index in [2.05, 4.69) is 9.97 Å². The molecule has 0 aliphatic rings. The first-order valence-electron chi connectivity index (χ1n) is 5.32. The Morgan fingerprint density at radius 1 is 1.33 bits per heavy atom. The van der Waals surface area contributed by atoms with E-state index in [1.165, 1.54) is 12.1 Å². The van der Waals surface area contributed by atoms with E-state index in [-0.39, 0.29) is 23.1 Å². The van der Waals surface area contributed by atoms with Crippen molar-refractivity contribution < 1.29 is 9.18 Å². The Kier molecular flexibility index (Phi) is 3.67. The number of hydrogen-bond acceptors (Lipinski definition) is 3. The molecule has 2 aromatic rings. The maximum absolute atomic E-state index is 13.2. The topological polar surface area (TPSA) is 42.9 Å². The van der Waals surface area contributed by atoms with Gasteiger partial charge in [0.15, 0.2) is 5.82 Å². The van der Waals surface area contributed by atoms with Gasteiger partial charge in [-0.1, -0.05) is 17.7 Å². The summed E-state index contributed by atoms with van der Waals surface area (Å²) in [7, 11) is 0. The molecule has 0 aliphatic heterocycles. The van der Waals surface area contributed by atoms with E-state index in [1.54, 1.807) is 18.5 Å². The van der Waals surface area contributed by atoms with Crippen LogP contribution in [0.3, 0.4) is 0 Å². The first kappa shape index (κ1) is 12.6. The average molecular weight is 265 g/mol. The lowest BCUT2D eigenvalue weighted by Gasteiger charge is -2.02. The summed E-state index contributed by atoms with van der Waals surface area (Å²) in [5.41, 5.74) is 1.43. The van der Waals surface area contributed by atoms with Crippen LogP contribution in [0.1, 0.15) is 21.7 Å². The average Bonchev–Trinajstić information content (AvgIpc) is 2.34. The highest BCUT2D eigenvalue weighted by Crippen LogP contribution is 2.16.